The van der Waals surface area contributed by atoms with Gasteiger partial charge in [0.15, 0.2) is 6.10 Å². The molecular weight excluding hydrogens is 709 g/mol. The highest BCUT2D eigenvalue weighted by Crippen LogP contribution is 2.41. The number of carbonyl (C=O) groups excluding carboxylic acids is 3. The van der Waals surface area contributed by atoms with Gasteiger partial charge in [-0.2, -0.15) is 13.2 Å². The van der Waals surface area contributed by atoms with E-state index < -0.39 is 40.6 Å². The highest BCUT2D eigenvalue weighted by Gasteiger charge is 2.42. The van der Waals surface area contributed by atoms with Crippen molar-refractivity contribution in [1.82, 2.24) is 24.5 Å². The van der Waals surface area contributed by atoms with Crippen LogP contribution in [0.5, 0.6) is 5.75 Å². The first-order chi connectivity index (χ1) is 24.4. The normalized spacial score (nSPS) is 25.7. The van der Waals surface area contributed by atoms with Gasteiger partial charge in [0.25, 0.3) is 5.91 Å². The molecule has 0 radical (unpaired) electrons. The summed E-state index contributed by atoms with van der Waals surface area (Å²) in [5.74, 6) is -1.57. The molecule has 0 spiro atoms. The first-order valence-electron chi connectivity index (χ1n) is 17.8. The predicted octanol–water partition coefficient (Wildman–Crippen LogP) is 5.50. The topological polar surface area (TPSA) is 109 Å². The molecule has 3 atom stereocenters. The van der Waals surface area contributed by atoms with Crippen LogP contribution >= 0.6 is 22.9 Å². The lowest BCUT2D eigenvalue weighted by Gasteiger charge is -2.45. The Hall–Kier alpha value is -3.27. The summed E-state index contributed by atoms with van der Waals surface area (Å²) in [6.45, 7) is 3.28. The molecule has 16 heteroatoms. The zero-order chi connectivity index (χ0) is 36.0. The Morgan fingerprint density at radius 2 is 1.65 bits per heavy atom. The van der Waals surface area contributed by atoms with Gasteiger partial charge in [0.05, 0.1) is 16.3 Å². The number of piperazine rings is 1. The van der Waals surface area contributed by atoms with Crippen molar-refractivity contribution in [3.63, 3.8) is 0 Å². The smallest absolute Gasteiger partial charge is 0.420 e. The van der Waals surface area contributed by atoms with Crippen LogP contribution in [0, 0.1) is 0 Å². The van der Waals surface area contributed by atoms with E-state index in [0.717, 1.165) is 36.6 Å². The molecule has 4 saturated heterocycles. The summed E-state index contributed by atoms with van der Waals surface area (Å²) in [6, 6.07) is 3.26. The van der Waals surface area contributed by atoms with Crippen LogP contribution in [0.15, 0.2) is 22.9 Å². The Morgan fingerprint density at radius 1 is 0.961 bits per heavy atom. The molecule has 4 amide bonds. The molecule has 4 fully saturated rings. The fourth-order valence-corrected chi connectivity index (χ4v) is 9.70. The molecule has 278 valence electrons. The molecule has 51 heavy (non-hydrogen) atoms. The van der Waals surface area contributed by atoms with Crippen LogP contribution < -0.4 is 5.32 Å². The van der Waals surface area contributed by atoms with Crippen molar-refractivity contribution in [1.29, 1.82) is 0 Å². The van der Waals surface area contributed by atoms with Crippen molar-refractivity contribution in [2.75, 3.05) is 58.2 Å². The second-order valence-corrected chi connectivity index (χ2v) is 15.6. The number of alkyl halides is 3. The van der Waals surface area contributed by atoms with Gasteiger partial charge in [-0.3, -0.25) is 9.69 Å². The third kappa shape index (κ3) is 7.63. The maximum absolute atomic E-state index is 14.0. The number of likely N-dealkylation sites (tertiary alicyclic amines) is 1. The summed E-state index contributed by atoms with van der Waals surface area (Å²) in [6.07, 6.45) is -1.01. The lowest BCUT2D eigenvalue weighted by Crippen LogP contribution is -2.57. The summed E-state index contributed by atoms with van der Waals surface area (Å²) in [5, 5.41) is 16.5. The molecule has 5 aliphatic rings. The largest absolute Gasteiger partial charge is 0.506 e. The van der Waals surface area contributed by atoms with Gasteiger partial charge in [-0.05, 0) is 80.6 Å². The highest BCUT2D eigenvalue weighted by atomic mass is 35.5. The van der Waals surface area contributed by atoms with E-state index in [2.05, 4.69) is 22.2 Å². The minimum atomic E-state index is -4.89. The van der Waals surface area contributed by atoms with Crippen molar-refractivity contribution in [3.8, 4) is 5.75 Å². The number of thiophene rings is 1. The number of anilines is 1. The van der Waals surface area contributed by atoms with E-state index >= 15 is 0 Å². The van der Waals surface area contributed by atoms with Gasteiger partial charge in [-0.1, -0.05) is 11.6 Å². The molecule has 6 heterocycles. The van der Waals surface area contributed by atoms with Crippen molar-refractivity contribution in [3.05, 3.63) is 44.6 Å². The van der Waals surface area contributed by atoms with Crippen molar-refractivity contribution in [2.24, 2.45) is 0 Å². The number of fused-ring (bicyclic) bond motifs is 3. The van der Waals surface area contributed by atoms with Crippen LogP contribution in [-0.4, -0.2) is 131 Å². The van der Waals surface area contributed by atoms with Crippen LogP contribution in [0.2, 0.25) is 5.02 Å². The van der Waals surface area contributed by atoms with Crippen LogP contribution in [-0.2, 0) is 28.5 Å². The molecule has 0 aliphatic carbocycles. The van der Waals surface area contributed by atoms with Gasteiger partial charge in [0, 0.05) is 81.8 Å². The van der Waals surface area contributed by atoms with E-state index in [4.69, 9.17) is 16.3 Å². The van der Waals surface area contributed by atoms with Gasteiger partial charge in [0.1, 0.15) is 5.75 Å². The summed E-state index contributed by atoms with van der Waals surface area (Å²) in [4.78, 5) is 50.5. The maximum Gasteiger partial charge on any atom is 0.420 e. The molecule has 1 aromatic carbocycles. The van der Waals surface area contributed by atoms with E-state index in [9.17, 15) is 32.7 Å². The summed E-state index contributed by atoms with van der Waals surface area (Å²) in [5.41, 5.74) is 0.616. The van der Waals surface area contributed by atoms with Gasteiger partial charge in [-0.15, -0.1) is 11.3 Å². The number of nitrogens with zero attached hydrogens (tertiary/aromatic N) is 5. The molecule has 5 aliphatic heterocycles. The Labute approximate surface area is 304 Å². The van der Waals surface area contributed by atoms with Crippen LogP contribution in [0.25, 0.3) is 0 Å². The van der Waals surface area contributed by atoms with E-state index in [-0.39, 0.29) is 37.1 Å². The van der Waals surface area contributed by atoms with E-state index in [0.29, 0.717) is 63.7 Å². The fourth-order valence-electron chi connectivity index (χ4n) is 8.64. The predicted molar refractivity (Wildman–Crippen MR) is 186 cm³/mol. The molecule has 2 bridgehead atoms. The molecule has 0 saturated carbocycles. The third-order valence-electron chi connectivity index (χ3n) is 11.6. The lowest BCUT2D eigenvalue weighted by molar-refractivity contribution is -0.143. The first kappa shape index (κ1) is 36.1. The molecule has 11 nitrogen and oxygen atoms in total. The molecule has 7 rings (SSSR count). The quantitative estimate of drug-likeness (QED) is 0.402. The minimum absolute atomic E-state index is 0.0102. The fraction of sp³-hybridized carbons (Fsp3) is 0.629. The van der Waals surface area contributed by atoms with E-state index in [1.807, 2.05) is 15.7 Å². The number of benzene rings is 1. The Kier molecular flexibility index (Phi) is 10.4. The van der Waals surface area contributed by atoms with E-state index in [1.165, 1.54) is 23.8 Å². The molecule has 2 N–H and O–H groups in total. The van der Waals surface area contributed by atoms with Crippen LogP contribution in [0.4, 0.5) is 28.4 Å². The summed E-state index contributed by atoms with van der Waals surface area (Å²) in [7, 11) is 2.20. The van der Waals surface area contributed by atoms with Crippen molar-refractivity contribution >= 4 is 46.7 Å². The molecular formula is C35H44ClF3N6O5S. The van der Waals surface area contributed by atoms with Gasteiger partial charge in [0.2, 0.25) is 0 Å². The van der Waals surface area contributed by atoms with Gasteiger partial charge >= 0.3 is 18.3 Å². The van der Waals surface area contributed by atoms with Crippen LogP contribution in [0.1, 0.15) is 55.2 Å². The monoisotopic (exact) mass is 752 g/mol. The SMILES string of the molecule is CN1C2CCC1CC(N1CCN(C(=O)[C@@H](Cc3cc(Cl)c(O)c(C(F)(F)F)c3)OC(=O)N3CCC(N4CCc5cscc5NC4=O)CC3)CC1)C2. The first-order valence-corrected chi connectivity index (χ1v) is 19.1. The number of hydrogen-bond acceptors (Lipinski definition) is 8. The van der Waals surface area contributed by atoms with Gasteiger partial charge < -0.3 is 34.8 Å². The number of carbonyl (C=O) groups is 3. The second-order valence-electron chi connectivity index (χ2n) is 14.5. The number of amides is 4. The Balaban J connectivity index is 1.01. The number of ether oxygens (including phenoxy) is 1. The zero-order valence-electron chi connectivity index (χ0n) is 28.5. The third-order valence-corrected chi connectivity index (χ3v) is 12.7. The maximum atomic E-state index is 14.0. The average molecular weight is 753 g/mol. The number of piperidine rings is 2. The number of aromatic hydroxyl groups is 1. The zero-order valence-corrected chi connectivity index (χ0v) is 30.1. The molecule has 2 aromatic rings. The summed E-state index contributed by atoms with van der Waals surface area (Å²) < 4.78 is 47.1. The summed E-state index contributed by atoms with van der Waals surface area (Å²) >= 11 is 7.55. The van der Waals surface area contributed by atoms with Gasteiger partial charge in [-0.25, -0.2) is 9.59 Å². The molecule has 1 aromatic heterocycles. The lowest BCUT2D eigenvalue weighted by atomic mass is 9.96. The van der Waals surface area contributed by atoms with E-state index in [1.54, 1.807) is 16.2 Å². The van der Waals surface area contributed by atoms with Crippen molar-refractivity contribution < 1.29 is 37.4 Å². The number of urea groups is 1. The number of hydrogen-bond donors (Lipinski definition) is 2. The standard InChI is InChI=1S/C35H44ClF3N6O5S/c1-41-24-2-3-25(41)18-26(17-24)42-10-12-43(13-11-42)32(47)30(16-21-14-27(35(37,38)39)31(46)28(36)15-21)50-34(49)44-7-5-23(6-8-44)45-9-4-22-19-51-20-29(22)40-33(45)48/h14-15,19-20,23-26,30,46H,2-13,16-18H2,1H3,(H,40,48)/t24?,25?,26?,30-/m1/s1. The number of rotatable bonds is 6. The number of phenolic OH excluding ortho intramolecular Hbond substituents is 1. The molecule has 2 unspecified atom stereocenters. The number of nitrogens with one attached hydrogen (secondary N) is 1. The number of halogens is 4. The van der Waals surface area contributed by atoms with Crippen LogP contribution in [0.3, 0.4) is 0 Å². The minimum Gasteiger partial charge on any atom is -0.506 e. The Bertz CT molecular complexity index is 1610. The second kappa shape index (κ2) is 14.6. The average Bonchev–Trinajstić information content (AvgIpc) is 3.55. The Morgan fingerprint density at radius 3 is 2.31 bits per heavy atom. The number of phenols is 1. The van der Waals surface area contributed by atoms with Crippen molar-refractivity contribution in [2.45, 2.75) is 87.8 Å². The highest BCUT2D eigenvalue weighted by molar-refractivity contribution is 7.08.